The van der Waals surface area contributed by atoms with Crippen LogP contribution in [0.25, 0.3) is 10.9 Å². The number of amides is 1. The van der Waals surface area contributed by atoms with Crippen molar-refractivity contribution in [3.8, 4) is 11.6 Å². The monoisotopic (exact) mass is 434 g/mol. The van der Waals surface area contributed by atoms with Crippen molar-refractivity contribution in [3.63, 3.8) is 0 Å². The van der Waals surface area contributed by atoms with Crippen molar-refractivity contribution < 1.29 is 28.1 Å². The molecule has 1 aromatic heterocycles. The van der Waals surface area contributed by atoms with E-state index in [1.54, 1.807) is 39.0 Å². The molecule has 2 aromatic rings. The fourth-order valence-corrected chi connectivity index (χ4v) is 2.48. The Labute approximate surface area is 182 Å². The number of alkyl carbamates (subject to hydrolysis) is 1. The Morgan fingerprint density at radius 3 is 2.61 bits per heavy atom. The Bertz CT molecular complexity index is 893. The fraction of sp³-hybridized carbons (Fsp3) is 0.478. The third-order valence-electron chi connectivity index (χ3n) is 3.86. The maximum Gasteiger partial charge on any atom is 0.407 e. The molecule has 0 saturated heterocycles. The van der Waals surface area contributed by atoms with E-state index in [0.29, 0.717) is 31.2 Å². The molecule has 1 N–H and O–H groups in total. The highest BCUT2D eigenvalue weighted by atomic mass is 19.1. The van der Waals surface area contributed by atoms with Crippen LogP contribution in [0.15, 0.2) is 42.2 Å². The first-order valence-corrected chi connectivity index (χ1v) is 10.2. The lowest BCUT2D eigenvalue weighted by molar-refractivity contribution is 0.0531. The van der Waals surface area contributed by atoms with Crippen LogP contribution in [0.3, 0.4) is 0 Å². The standard InChI is InChI=1S/C23H31FN2O5/c1-16(2)28-10-11-29-21-9-6-18-12-19(7-8-20(18)26-21)30-15-17(13-24)14-25-22(27)31-23(3,4)5/h6-9,12-13,16H,10-11,14-15H2,1-5H3,(H,25,27)/b17-13+. The van der Waals surface area contributed by atoms with Crippen LogP contribution in [0.2, 0.25) is 0 Å². The van der Waals surface area contributed by atoms with Crippen LogP contribution in [0.4, 0.5) is 9.18 Å². The van der Waals surface area contributed by atoms with Crippen LogP contribution in [-0.2, 0) is 9.47 Å². The SMILES string of the molecule is CC(C)OCCOc1ccc2cc(OC/C(=C/F)CNC(=O)OC(C)(C)C)ccc2n1. The summed E-state index contributed by atoms with van der Waals surface area (Å²) in [5.41, 5.74) is 0.408. The van der Waals surface area contributed by atoms with Gasteiger partial charge in [-0.1, -0.05) is 0 Å². The Hall–Kier alpha value is -2.87. The number of nitrogens with zero attached hydrogens (tertiary/aromatic N) is 1. The third-order valence-corrected chi connectivity index (χ3v) is 3.86. The van der Waals surface area contributed by atoms with E-state index in [2.05, 4.69) is 10.3 Å². The van der Waals surface area contributed by atoms with Crippen LogP contribution in [0.1, 0.15) is 34.6 Å². The van der Waals surface area contributed by atoms with Crippen LogP contribution >= 0.6 is 0 Å². The van der Waals surface area contributed by atoms with Crippen molar-refractivity contribution >= 4 is 17.0 Å². The minimum absolute atomic E-state index is 0.0116. The van der Waals surface area contributed by atoms with E-state index in [9.17, 15) is 9.18 Å². The summed E-state index contributed by atoms with van der Waals surface area (Å²) in [6.45, 7) is 10.1. The molecule has 0 atom stereocenters. The van der Waals surface area contributed by atoms with Crippen LogP contribution in [-0.4, -0.2) is 49.1 Å². The third kappa shape index (κ3) is 9.21. The van der Waals surface area contributed by atoms with E-state index in [1.807, 2.05) is 26.0 Å². The molecule has 0 bridgehead atoms. The van der Waals surface area contributed by atoms with Gasteiger partial charge in [0, 0.05) is 23.6 Å². The predicted molar refractivity (Wildman–Crippen MR) is 117 cm³/mol. The molecule has 7 nitrogen and oxygen atoms in total. The second-order valence-corrected chi connectivity index (χ2v) is 8.18. The Kier molecular flexibility index (Phi) is 9.05. The zero-order valence-electron chi connectivity index (χ0n) is 18.7. The average Bonchev–Trinajstić information content (AvgIpc) is 2.69. The van der Waals surface area contributed by atoms with Gasteiger partial charge in [-0.2, -0.15) is 0 Å². The highest BCUT2D eigenvalue weighted by Gasteiger charge is 2.16. The molecule has 1 heterocycles. The van der Waals surface area contributed by atoms with Gasteiger partial charge in [-0.25, -0.2) is 14.2 Å². The molecule has 31 heavy (non-hydrogen) atoms. The highest BCUT2D eigenvalue weighted by molar-refractivity contribution is 5.80. The molecule has 8 heteroatoms. The van der Waals surface area contributed by atoms with Crippen molar-refractivity contribution in [2.45, 2.75) is 46.3 Å². The summed E-state index contributed by atoms with van der Waals surface area (Å²) in [5.74, 6) is 1.08. The summed E-state index contributed by atoms with van der Waals surface area (Å²) >= 11 is 0. The normalized spacial score (nSPS) is 12.2. The maximum absolute atomic E-state index is 13.2. The smallest absolute Gasteiger partial charge is 0.407 e. The van der Waals surface area contributed by atoms with E-state index in [4.69, 9.17) is 18.9 Å². The molecule has 0 aliphatic heterocycles. The molecule has 0 aliphatic carbocycles. The molecule has 2 rings (SSSR count). The van der Waals surface area contributed by atoms with Gasteiger partial charge in [0.1, 0.15) is 24.6 Å². The Balaban J connectivity index is 1.87. The average molecular weight is 435 g/mol. The Morgan fingerprint density at radius 2 is 1.94 bits per heavy atom. The van der Waals surface area contributed by atoms with Crippen molar-refractivity contribution in [3.05, 3.63) is 42.2 Å². The van der Waals surface area contributed by atoms with Gasteiger partial charge in [-0.15, -0.1) is 0 Å². The number of halogens is 1. The minimum atomic E-state index is -0.619. The van der Waals surface area contributed by atoms with E-state index < -0.39 is 11.7 Å². The molecule has 0 fully saturated rings. The van der Waals surface area contributed by atoms with Gasteiger partial charge in [0.05, 0.1) is 24.6 Å². The molecule has 0 unspecified atom stereocenters. The first-order chi connectivity index (χ1) is 14.7. The summed E-state index contributed by atoms with van der Waals surface area (Å²) in [7, 11) is 0. The highest BCUT2D eigenvalue weighted by Crippen LogP contribution is 2.22. The molecule has 1 amide bonds. The number of hydrogen-bond donors (Lipinski definition) is 1. The van der Waals surface area contributed by atoms with Gasteiger partial charge in [0.25, 0.3) is 0 Å². The molecule has 0 aliphatic rings. The van der Waals surface area contributed by atoms with Gasteiger partial charge in [-0.05, 0) is 58.9 Å². The van der Waals surface area contributed by atoms with Crippen molar-refractivity contribution in [2.24, 2.45) is 0 Å². The number of fused-ring (bicyclic) bond motifs is 1. The number of pyridine rings is 1. The summed E-state index contributed by atoms with van der Waals surface area (Å²) in [5, 5.41) is 3.37. The zero-order chi connectivity index (χ0) is 22.9. The van der Waals surface area contributed by atoms with E-state index >= 15 is 0 Å². The summed E-state index contributed by atoms with van der Waals surface area (Å²) in [6.07, 6.45) is -0.0306. The molecule has 0 radical (unpaired) electrons. The number of hydrogen-bond acceptors (Lipinski definition) is 6. The van der Waals surface area contributed by atoms with Crippen molar-refractivity contribution in [1.82, 2.24) is 10.3 Å². The largest absolute Gasteiger partial charge is 0.489 e. The fourth-order valence-electron chi connectivity index (χ4n) is 2.48. The first-order valence-electron chi connectivity index (χ1n) is 10.2. The topological polar surface area (TPSA) is 78.9 Å². The van der Waals surface area contributed by atoms with Gasteiger partial charge >= 0.3 is 6.09 Å². The second kappa shape index (κ2) is 11.5. The molecular weight excluding hydrogens is 403 g/mol. The van der Waals surface area contributed by atoms with E-state index in [-0.39, 0.29) is 24.8 Å². The van der Waals surface area contributed by atoms with Crippen LogP contribution in [0.5, 0.6) is 11.6 Å². The molecular formula is C23H31FN2O5. The quantitative estimate of drug-likeness (QED) is 0.542. The molecule has 0 saturated carbocycles. The number of rotatable bonds is 10. The van der Waals surface area contributed by atoms with Crippen LogP contribution in [0, 0.1) is 0 Å². The number of benzene rings is 1. The van der Waals surface area contributed by atoms with Crippen molar-refractivity contribution in [2.75, 3.05) is 26.4 Å². The summed E-state index contributed by atoms with van der Waals surface area (Å²) in [4.78, 5) is 16.1. The first kappa shape index (κ1) is 24.4. The summed E-state index contributed by atoms with van der Waals surface area (Å²) < 4.78 is 35.0. The molecule has 1 aromatic carbocycles. The lowest BCUT2D eigenvalue weighted by atomic mass is 10.2. The van der Waals surface area contributed by atoms with E-state index in [1.165, 1.54) is 0 Å². The zero-order valence-corrected chi connectivity index (χ0v) is 18.7. The molecule has 0 spiro atoms. The lowest BCUT2D eigenvalue weighted by Gasteiger charge is -2.20. The number of carbonyl (C=O) groups excluding carboxylic acids is 1. The number of ether oxygens (including phenoxy) is 4. The minimum Gasteiger partial charge on any atom is -0.489 e. The lowest BCUT2D eigenvalue weighted by Crippen LogP contribution is -2.34. The second-order valence-electron chi connectivity index (χ2n) is 8.18. The van der Waals surface area contributed by atoms with E-state index in [0.717, 1.165) is 10.9 Å². The van der Waals surface area contributed by atoms with Gasteiger partial charge in [0.15, 0.2) is 0 Å². The van der Waals surface area contributed by atoms with Gasteiger partial charge in [-0.3, -0.25) is 0 Å². The van der Waals surface area contributed by atoms with Crippen LogP contribution < -0.4 is 14.8 Å². The molecule has 170 valence electrons. The number of aromatic nitrogens is 1. The van der Waals surface area contributed by atoms with Gasteiger partial charge < -0.3 is 24.3 Å². The van der Waals surface area contributed by atoms with Gasteiger partial charge in [0.2, 0.25) is 5.88 Å². The van der Waals surface area contributed by atoms with Crippen molar-refractivity contribution in [1.29, 1.82) is 0 Å². The summed E-state index contributed by atoms with van der Waals surface area (Å²) in [6, 6.07) is 9.02. The predicted octanol–water partition coefficient (Wildman–Crippen LogP) is 4.80. The maximum atomic E-state index is 13.2. The number of nitrogens with one attached hydrogen (secondary N) is 1. The Morgan fingerprint density at radius 1 is 1.16 bits per heavy atom. The number of carbonyl (C=O) groups is 1.